The van der Waals surface area contributed by atoms with Crippen LogP contribution in [0.5, 0.6) is 17.2 Å². The molecule has 3 aromatic rings. The van der Waals surface area contributed by atoms with Gasteiger partial charge in [-0.1, -0.05) is 18.2 Å². The lowest BCUT2D eigenvalue weighted by Crippen LogP contribution is -2.41. The van der Waals surface area contributed by atoms with Crippen LogP contribution >= 0.6 is 0 Å². The first-order valence-corrected chi connectivity index (χ1v) is 14.1. The van der Waals surface area contributed by atoms with Crippen LogP contribution in [0.15, 0.2) is 60.7 Å². The van der Waals surface area contributed by atoms with Crippen molar-refractivity contribution in [2.75, 3.05) is 19.7 Å². The zero-order valence-corrected chi connectivity index (χ0v) is 22.7. The number of aromatic hydroxyl groups is 1. The van der Waals surface area contributed by atoms with Crippen LogP contribution in [-0.2, 0) is 11.2 Å². The standard InChI is InChI=1S/C33H35FN2O4/c1-35-26-12-14-32(30(21-26)29-13-11-25(34)20-31(29)37)39-22-33(38)36-17-15-23(16-18-36)9-10-24-5-4-8-28(19-24)40-27-6-2-3-7-27/h4-5,8,11-14,19-21,23,27,37H,2-3,6-7,9-10,15-18,22H2. The number of hydrogen-bond donors (Lipinski definition) is 1. The smallest absolute Gasteiger partial charge is 0.260 e. The first-order valence-electron chi connectivity index (χ1n) is 14.1. The lowest BCUT2D eigenvalue weighted by molar-refractivity contribution is -0.134. The zero-order chi connectivity index (χ0) is 27.9. The van der Waals surface area contributed by atoms with Crippen molar-refractivity contribution in [3.63, 3.8) is 0 Å². The number of benzene rings is 3. The van der Waals surface area contributed by atoms with Crippen LogP contribution in [0.3, 0.4) is 0 Å². The molecule has 1 saturated carbocycles. The molecular weight excluding hydrogens is 507 g/mol. The summed E-state index contributed by atoms with van der Waals surface area (Å²) >= 11 is 0. The Morgan fingerprint density at radius 1 is 1.00 bits per heavy atom. The Kier molecular flexibility index (Phi) is 8.85. The number of likely N-dealkylation sites (tertiary alicyclic amines) is 1. The minimum Gasteiger partial charge on any atom is -0.507 e. The van der Waals surface area contributed by atoms with Gasteiger partial charge in [0, 0.05) is 30.3 Å². The second-order valence-corrected chi connectivity index (χ2v) is 10.8. The fourth-order valence-electron chi connectivity index (χ4n) is 5.70. The average molecular weight is 543 g/mol. The van der Waals surface area contributed by atoms with E-state index in [2.05, 4.69) is 29.1 Å². The first-order chi connectivity index (χ1) is 19.5. The van der Waals surface area contributed by atoms with E-state index in [1.54, 1.807) is 18.2 Å². The molecule has 40 heavy (non-hydrogen) atoms. The summed E-state index contributed by atoms with van der Waals surface area (Å²) in [6.45, 7) is 8.55. The van der Waals surface area contributed by atoms with Gasteiger partial charge in [0.2, 0.25) is 0 Å². The predicted octanol–water partition coefficient (Wildman–Crippen LogP) is 7.32. The molecule has 1 aliphatic carbocycles. The molecule has 1 aliphatic heterocycles. The second-order valence-electron chi connectivity index (χ2n) is 10.8. The van der Waals surface area contributed by atoms with Crippen LogP contribution < -0.4 is 9.47 Å². The van der Waals surface area contributed by atoms with E-state index < -0.39 is 5.82 Å². The molecule has 0 unspecified atom stereocenters. The summed E-state index contributed by atoms with van der Waals surface area (Å²) in [5, 5.41) is 10.3. The molecule has 0 radical (unpaired) electrons. The summed E-state index contributed by atoms with van der Waals surface area (Å²) in [7, 11) is 0. The van der Waals surface area contributed by atoms with Gasteiger partial charge in [-0.2, -0.15) is 0 Å². The van der Waals surface area contributed by atoms with E-state index in [9.17, 15) is 14.3 Å². The van der Waals surface area contributed by atoms with Crippen molar-refractivity contribution >= 4 is 11.6 Å². The number of ether oxygens (including phenoxy) is 2. The number of aryl methyl sites for hydroxylation is 1. The molecule has 7 heteroatoms. The number of carbonyl (C=O) groups excluding carboxylic acids is 1. The number of carbonyl (C=O) groups is 1. The Morgan fingerprint density at radius 2 is 1.80 bits per heavy atom. The van der Waals surface area contributed by atoms with Crippen LogP contribution in [0.25, 0.3) is 16.0 Å². The number of phenolic OH excluding ortho intramolecular Hbond substituents is 1. The van der Waals surface area contributed by atoms with Crippen molar-refractivity contribution in [1.29, 1.82) is 0 Å². The summed E-state index contributed by atoms with van der Waals surface area (Å²) in [6.07, 6.45) is 9.19. The molecule has 1 N–H and O–H groups in total. The second kappa shape index (κ2) is 12.9. The Bertz CT molecular complexity index is 1370. The average Bonchev–Trinajstić information content (AvgIpc) is 3.48. The number of halogens is 1. The number of amides is 1. The number of nitrogens with zero attached hydrogens (tertiary/aromatic N) is 2. The quantitative estimate of drug-likeness (QED) is 0.288. The first kappa shape index (κ1) is 27.5. The maximum Gasteiger partial charge on any atom is 0.260 e. The highest BCUT2D eigenvalue weighted by Gasteiger charge is 2.24. The van der Waals surface area contributed by atoms with Crippen molar-refractivity contribution < 1.29 is 23.8 Å². The van der Waals surface area contributed by atoms with Gasteiger partial charge in [-0.05, 0) is 99.2 Å². The molecule has 1 heterocycles. The monoisotopic (exact) mass is 542 g/mol. The van der Waals surface area contributed by atoms with E-state index >= 15 is 0 Å². The van der Waals surface area contributed by atoms with Gasteiger partial charge in [0.25, 0.3) is 5.91 Å². The van der Waals surface area contributed by atoms with E-state index in [4.69, 9.17) is 16.0 Å². The molecular formula is C33H35FN2O4. The Morgan fingerprint density at radius 3 is 2.55 bits per heavy atom. The third-order valence-electron chi connectivity index (χ3n) is 8.01. The van der Waals surface area contributed by atoms with E-state index in [1.165, 1.54) is 30.5 Å². The van der Waals surface area contributed by atoms with E-state index in [-0.39, 0.29) is 18.3 Å². The van der Waals surface area contributed by atoms with Crippen LogP contribution in [0, 0.1) is 18.3 Å². The molecule has 2 aliphatic rings. The van der Waals surface area contributed by atoms with Crippen LogP contribution in [0.1, 0.15) is 50.5 Å². The van der Waals surface area contributed by atoms with Gasteiger partial charge in [-0.15, -0.1) is 0 Å². The van der Waals surface area contributed by atoms with E-state index in [0.29, 0.717) is 47.7 Å². The maximum absolute atomic E-state index is 13.5. The molecule has 0 bridgehead atoms. The SMILES string of the molecule is [C-]#[N+]c1ccc(OCC(=O)N2CCC(CCc3cccc(OC4CCCC4)c3)CC2)c(-c2ccc(F)cc2O)c1. The minimum atomic E-state index is -0.564. The van der Waals surface area contributed by atoms with Crippen molar-refractivity contribution in [2.45, 2.75) is 57.5 Å². The summed E-state index contributed by atoms with van der Waals surface area (Å²) in [6, 6.07) is 16.9. The Hall–Kier alpha value is -4.05. The van der Waals surface area contributed by atoms with Crippen LogP contribution in [-0.4, -0.2) is 41.7 Å². The van der Waals surface area contributed by atoms with Crippen molar-refractivity contribution in [2.24, 2.45) is 5.92 Å². The third kappa shape index (κ3) is 6.93. The fraction of sp³-hybridized carbons (Fsp3) is 0.394. The molecule has 1 saturated heterocycles. The van der Waals surface area contributed by atoms with Gasteiger partial charge in [-0.25, -0.2) is 9.24 Å². The van der Waals surface area contributed by atoms with Crippen LogP contribution in [0.2, 0.25) is 0 Å². The summed E-state index contributed by atoms with van der Waals surface area (Å²) in [5.41, 5.74) is 2.43. The molecule has 6 nitrogen and oxygen atoms in total. The maximum atomic E-state index is 13.5. The molecule has 2 fully saturated rings. The molecule has 208 valence electrons. The summed E-state index contributed by atoms with van der Waals surface area (Å²) in [5.74, 6) is 0.985. The molecule has 0 spiro atoms. The number of piperidine rings is 1. The number of rotatable bonds is 9. The molecule has 3 aromatic carbocycles. The fourth-order valence-corrected chi connectivity index (χ4v) is 5.70. The topological polar surface area (TPSA) is 63.4 Å². The molecule has 5 rings (SSSR count). The highest BCUT2D eigenvalue weighted by atomic mass is 19.1. The summed E-state index contributed by atoms with van der Waals surface area (Å²) < 4.78 is 25.6. The third-order valence-corrected chi connectivity index (χ3v) is 8.01. The molecule has 0 atom stereocenters. The van der Waals surface area contributed by atoms with Crippen LogP contribution in [0.4, 0.5) is 10.1 Å². The van der Waals surface area contributed by atoms with Crippen molar-refractivity contribution in [1.82, 2.24) is 4.90 Å². The Labute approximate surface area is 235 Å². The lowest BCUT2D eigenvalue weighted by Gasteiger charge is -2.32. The highest BCUT2D eigenvalue weighted by molar-refractivity contribution is 5.81. The van der Waals surface area contributed by atoms with Gasteiger partial charge >= 0.3 is 0 Å². The van der Waals surface area contributed by atoms with Gasteiger partial charge in [0.15, 0.2) is 12.3 Å². The van der Waals surface area contributed by atoms with Gasteiger partial charge in [-0.3, -0.25) is 4.79 Å². The largest absolute Gasteiger partial charge is 0.507 e. The highest BCUT2D eigenvalue weighted by Crippen LogP contribution is 2.39. The van der Waals surface area contributed by atoms with Gasteiger partial charge < -0.3 is 19.5 Å². The van der Waals surface area contributed by atoms with Crippen molar-refractivity contribution in [3.8, 4) is 28.4 Å². The Balaban J connectivity index is 1.11. The molecule has 1 amide bonds. The van der Waals surface area contributed by atoms with Gasteiger partial charge in [0.05, 0.1) is 12.7 Å². The lowest BCUT2D eigenvalue weighted by atomic mass is 9.90. The zero-order valence-electron chi connectivity index (χ0n) is 22.7. The van der Waals surface area contributed by atoms with E-state index in [0.717, 1.165) is 50.3 Å². The van der Waals surface area contributed by atoms with E-state index in [1.807, 2.05) is 4.90 Å². The minimum absolute atomic E-state index is 0.0984. The number of phenols is 1. The van der Waals surface area contributed by atoms with Gasteiger partial charge in [0.1, 0.15) is 23.1 Å². The molecule has 0 aromatic heterocycles. The summed E-state index contributed by atoms with van der Waals surface area (Å²) in [4.78, 5) is 18.2. The normalized spacial score (nSPS) is 16.1. The number of hydrogen-bond acceptors (Lipinski definition) is 4. The predicted molar refractivity (Wildman–Crippen MR) is 152 cm³/mol. The van der Waals surface area contributed by atoms with Crippen molar-refractivity contribution in [3.05, 3.63) is 83.5 Å².